The highest BCUT2D eigenvalue weighted by Crippen LogP contribution is 2.70. The van der Waals surface area contributed by atoms with Gasteiger partial charge in [0.1, 0.15) is 48.1 Å². The van der Waals surface area contributed by atoms with Crippen LogP contribution in [0.5, 0.6) is 11.5 Å². The summed E-state index contributed by atoms with van der Waals surface area (Å²) in [5, 5.41) is 63.1. The van der Waals surface area contributed by atoms with Gasteiger partial charge in [0, 0.05) is 5.56 Å². The Bertz CT molecular complexity index is 1490. The topological polar surface area (TPSA) is 177 Å². The molecule has 12 nitrogen and oxygen atoms in total. The van der Waals surface area contributed by atoms with Gasteiger partial charge in [-0.1, -0.05) is 25.5 Å². The number of allylic oxidation sites excluding steroid dienone is 1. The minimum atomic E-state index is -1.39. The van der Waals surface area contributed by atoms with Crippen molar-refractivity contribution in [3.63, 3.8) is 0 Å². The predicted octanol–water partition coefficient (Wildman–Crippen LogP) is 3.42. The number of ether oxygens (including phenoxy) is 6. The van der Waals surface area contributed by atoms with E-state index in [2.05, 4.69) is 32.9 Å². The molecule has 0 aromatic heterocycles. The molecule has 19 atom stereocenters. The minimum absolute atomic E-state index is 0.00431. The van der Waals surface area contributed by atoms with E-state index in [1.54, 1.807) is 28.1 Å². The fourth-order valence-corrected chi connectivity index (χ4v) is 11.9. The van der Waals surface area contributed by atoms with Gasteiger partial charge in [-0.15, -0.1) is 0 Å². The van der Waals surface area contributed by atoms with Crippen LogP contribution in [0.3, 0.4) is 0 Å². The van der Waals surface area contributed by atoms with E-state index < -0.39 is 61.4 Å². The Morgan fingerprint density at radius 1 is 0.792 bits per heavy atom. The molecule has 0 radical (unpaired) electrons. The average molecular weight is 747 g/mol. The van der Waals surface area contributed by atoms with Crippen molar-refractivity contribution in [2.24, 2.45) is 34.5 Å². The monoisotopic (exact) mass is 746 g/mol. The highest BCUT2D eigenvalue weighted by atomic mass is 16.7. The number of hydrogen-bond donors (Lipinski definition) is 6. The van der Waals surface area contributed by atoms with Crippen LogP contribution in [0.25, 0.3) is 0 Å². The van der Waals surface area contributed by atoms with E-state index >= 15 is 0 Å². The van der Waals surface area contributed by atoms with Crippen LogP contribution < -0.4 is 9.47 Å². The third kappa shape index (κ3) is 6.66. The summed E-state index contributed by atoms with van der Waals surface area (Å²) in [4.78, 5) is 0. The maximum atomic E-state index is 10.9. The molecular formula is C41H62O12. The molecule has 4 aliphatic carbocycles. The van der Waals surface area contributed by atoms with E-state index in [0.717, 1.165) is 62.0 Å². The molecule has 0 bridgehead atoms. The zero-order valence-electron chi connectivity index (χ0n) is 32.2. The number of benzene rings is 1. The second kappa shape index (κ2) is 14.9. The number of rotatable bonds is 8. The van der Waals surface area contributed by atoms with Crippen LogP contribution in [0.4, 0.5) is 0 Å². The maximum Gasteiger partial charge on any atom is 0.186 e. The van der Waals surface area contributed by atoms with Gasteiger partial charge in [-0.05, 0) is 124 Å². The van der Waals surface area contributed by atoms with E-state index in [4.69, 9.17) is 28.4 Å². The van der Waals surface area contributed by atoms with E-state index in [-0.39, 0.29) is 34.9 Å². The van der Waals surface area contributed by atoms with Crippen molar-refractivity contribution in [2.75, 3.05) is 14.2 Å². The Labute approximate surface area is 313 Å². The maximum absolute atomic E-state index is 10.9. The first-order valence-electron chi connectivity index (χ1n) is 19.7. The van der Waals surface area contributed by atoms with Gasteiger partial charge in [0.05, 0.1) is 38.6 Å². The molecule has 2 saturated heterocycles. The lowest BCUT2D eigenvalue weighted by atomic mass is 9.47. The van der Waals surface area contributed by atoms with Gasteiger partial charge >= 0.3 is 0 Å². The second-order valence-electron chi connectivity index (χ2n) is 17.5. The van der Waals surface area contributed by atoms with Gasteiger partial charge in [0.15, 0.2) is 12.6 Å². The lowest BCUT2D eigenvalue weighted by Crippen LogP contribution is -2.58. The second-order valence-corrected chi connectivity index (χ2v) is 17.5. The standard InChI is InChI=1S/C41H62O12/c1-19(50-38-36(46)34(44)32(42)20(2)51-38)31-27(26-17-23(48-6)9-11-30(26)49-7)18-29-25-10-8-22-16-24(53-39-37(47)35(45)33(43)21(3)52-39)12-14-40(22,4)28(25)13-15-41(29,31)5/h8-9,11,17,19-21,24-25,27-29,31-39,42-47H,10,12-16,18H2,1-7H3/t19?,20-,21-,24?,25?,27?,28?,29?,31?,32+,33+,34+,35+,36-,37-,38?,39?,40?,41?/m0/s1. The Balaban J connectivity index is 1.16. The predicted molar refractivity (Wildman–Crippen MR) is 193 cm³/mol. The molecule has 12 heteroatoms. The molecular weight excluding hydrogens is 684 g/mol. The first kappa shape index (κ1) is 39.4. The molecule has 3 saturated carbocycles. The molecule has 0 spiro atoms. The van der Waals surface area contributed by atoms with Crippen molar-refractivity contribution in [1.29, 1.82) is 0 Å². The normalized spacial score (nSPS) is 48.9. The van der Waals surface area contributed by atoms with Gasteiger partial charge in [-0.25, -0.2) is 0 Å². The summed E-state index contributed by atoms with van der Waals surface area (Å²) in [6.07, 6.45) is -2.87. The summed E-state index contributed by atoms with van der Waals surface area (Å²) < 4.78 is 36.3. The first-order chi connectivity index (χ1) is 25.1. The number of fused-ring (bicyclic) bond motifs is 5. The van der Waals surface area contributed by atoms with Crippen LogP contribution >= 0.6 is 0 Å². The van der Waals surface area contributed by atoms with Gasteiger partial charge in [0.25, 0.3) is 0 Å². The SMILES string of the molecule is COc1ccc(OC)c(C2CC3C4CC=C5CC(OC6O[C@@H](C)[C@@H](O)[C@@H](O)[C@@H]6O)CCC5(C)C4CCC3(C)C2C(C)OC2O[C@@H](C)[C@@H](O)[C@@H](O)[C@@H]2O)c1. The number of aliphatic hydroxyl groups excluding tert-OH is 6. The summed E-state index contributed by atoms with van der Waals surface area (Å²) >= 11 is 0. The summed E-state index contributed by atoms with van der Waals surface area (Å²) in [7, 11) is 3.37. The molecule has 5 fully saturated rings. The Kier molecular flexibility index (Phi) is 11.1. The molecule has 6 aliphatic rings. The summed E-state index contributed by atoms with van der Waals surface area (Å²) in [5.41, 5.74) is 2.34. The molecule has 7 rings (SSSR count). The van der Waals surface area contributed by atoms with Crippen LogP contribution in [-0.2, 0) is 18.9 Å². The molecule has 1 aromatic rings. The molecule has 1 aromatic carbocycles. The van der Waals surface area contributed by atoms with Crippen LogP contribution in [0.2, 0.25) is 0 Å². The van der Waals surface area contributed by atoms with E-state index in [9.17, 15) is 30.6 Å². The van der Waals surface area contributed by atoms with Gasteiger partial charge in [0.2, 0.25) is 0 Å². The molecule has 53 heavy (non-hydrogen) atoms. The molecule has 0 amide bonds. The van der Waals surface area contributed by atoms with Crippen molar-refractivity contribution in [1.82, 2.24) is 0 Å². The van der Waals surface area contributed by atoms with Crippen molar-refractivity contribution >= 4 is 0 Å². The van der Waals surface area contributed by atoms with Crippen molar-refractivity contribution in [2.45, 2.75) is 159 Å². The molecule has 6 N–H and O–H groups in total. The lowest BCUT2D eigenvalue weighted by Gasteiger charge is -2.58. The van der Waals surface area contributed by atoms with Crippen molar-refractivity contribution in [3.05, 3.63) is 35.4 Å². The number of aliphatic hydroxyl groups is 6. The van der Waals surface area contributed by atoms with Crippen LogP contribution in [-0.4, -0.2) is 118 Å². The van der Waals surface area contributed by atoms with Crippen LogP contribution in [0.15, 0.2) is 29.8 Å². The van der Waals surface area contributed by atoms with E-state index in [0.29, 0.717) is 17.8 Å². The zero-order chi connectivity index (χ0) is 38.1. The Hall–Kier alpha value is -1.84. The van der Waals surface area contributed by atoms with E-state index in [1.807, 2.05) is 12.1 Å². The van der Waals surface area contributed by atoms with Crippen molar-refractivity contribution in [3.8, 4) is 11.5 Å². The quantitative estimate of drug-likeness (QED) is 0.214. The lowest BCUT2D eigenvalue weighted by molar-refractivity contribution is -0.309. The molecule has 11 unspecified atom stereocenters. The summed E-state index contributed by atoms with van der Waals surface area (Å²) in [6.45, 7) is 10.2. The van der Waals surface area contributed by atoms with E-state index in [1.165, 1.54) is 5.57 Å². The highest BCUT2D eigenvalue weighted by molar-refractivity contribution is 5.44. The zero-order valence-corrected chi connectivity index (χ0v) is 32.2. The van der Waals surface area contributed by atoms with Crippen molar-refractivity contribution < 1.29 is 59.1 Å². The number of methoxy groups -OCH3 is 2. The summed E-state index contributed by atoms with van der Waals surface area (Å²) in [5.74, 6) is 2.90. The smallest absolute Gasteiger partial charge is 0.186 e. The average Bonchev–Trinajstić information content (AvgIpc) is 3.47. The van der Waals surface area contributed by atoms with Gasteiger partial charge < -0.3 is 59.1 Å². The third-order valence-electron chi connectivity index (χ3n) is 14.8. The Morgan fingerprint density at radius 2 is 1.45 bits per heavy atom. The fourth-order valence-electron chi connectivity index (χ4n) is 11.9. The first-order valence-corrected chi connectivity index (χ1v) is 19.7. The highest BCUT2D eigenvalue weighted by Gasteiger charge is 2.63. The number of hydrogen-bond acceptors (Lipinski definition) is 12. The molecule has 2 heterocycles. The fraction of sp³-hybridized carbons (Fsp3) is 0.805. The van der Waals surface area contributed by atoms with Crippen LogP contribution in [0, 0.1) is 34.5 Å². The minimum Gasteiger partial charge on any atom is -0.497 e. The molecule has 2 aliphatic heterocycles. The van der Waals surface area contributed by atoms with Crippen LogP contribution in [0.1, 0.15) is 91.0 Å². The summed E-state index contributed by atoms with van der Waals surface area (Å²) in [6, 6.07) is 5.97. The third-order valence-corrected chi connectivity index (χ3v) is 14.8. The van der Waals surface area contributed by atoms with Gasteiger partial charge in [-0.3, -0.25) is 0 Å². The largest absolute Gasteiger partial charge is 0.497 e. The Morgan fingerprint density at radius 3 is 2.11 bits per heavy atom. The molecule has 298 valence electrons. The van der Waals surface area contributed by atoms with Gasteiger partial charge in [-0.2, -0.15) is 0 Å².